The highest BCUT2D eigenvalue weighted by molar-refractivity contribution is 5.83. The second-order valence-electron chi connectivity index (χ2n) is 4.94. The summed E-state index contributed by atoms with van der Waals surface area (Å²) in [7, 11) is 0. The number of hydrogen-bond acceptors (Lipinski definition) is 5. The van der Waals surface area contributed by atoms with Crippen molar-refractivity contribution in [2.45, 2.75) is 31.1 Å². The van der Waals surface area contributed by atoms with Crippen LogP contribution in [0.5, 0.6) is 0 Å². The van der Waals surface area contributed by atoms with Crippen molar-refractivity contribution in [1.82, 2.24) is 5.32 Å². The summed E-state index contributed by atoms with van der Waals surface area (Å²) >= 11 is 0. The van der Waals surface area contributed by atoms with Crippen LogP contribution >= 0.6 is 0 Å². The van der Waals surface area contributed by atoms with E-state index in [9.17, 15) is 9.59 Å². The molecule has 0 radical (unpaired) electrons. The van der Waals surface area contributed by atoms with Gasteiger partial charge in [0, 0.05) is 6.04 Å². The Morgan fingerprint density at radius 1 is 1.22 bits per heavy atom. The molecule has 0 unspecified atom stereocenters. The average molecular weight is 321 g/mol. The molecule has 7 heteroatoms. The standard InChI is InChI=1S/C12H13N.C4H6O6/c1-2-9-13-12-8-7-10-5-3-4-6-11(10)12;5-1(3(7)8)2(6)4(9)10/h1,3-6,12-13H,7-9H2;1-2,5-6H,(H,7,8)(H,9,10)/t12-;1-,2+/m1./s1. The molecule has 3 atom stereocenters. The van der Waals surface area contributed by atoms with Gasteiger partial charge in [-0.15, -0.1) is 6.42 Å². The van der Waals surface area contributed by atoms with Crippen LogP contribution in [-0.2, 0) is 16.0 Å². The maximum Gasteiger partial charge on any atom is 0.335 e. The number of aryl methyl sites for hydroxylation is 1. The van der Waals surface area contributed by atoms with Gasteiger partial charge >= 0.3 is 11.9 Å². The van der Waals surface area contributed by atoms with Crippen LogP contribution in [0.25, 0.3) is 0 Å². The summed E-state index contributed by atoms with van der Waals surface area (Å²) in [6, 6.07) is 9.06. The minimum absolute atomic E-state index is 0.479. The zero-order valence-electron chi connectivity index (χ0n) is 12.3. The Morgan fingerprint density at radius 3 is 2.30 bits per heavy atom. The molecule has 0 saturated heterocycles. The van der Waals surface area contributed by atoms with Crippen molar-refractivity contribution < 1.29 is 30.0 Å². The van der Waals surface area contributed by atoms with Crippen LogP contribution < -0.4 is 5.32 Å². The molecule has 124 valence electrons. The van der Waals surface area contributed by atoms with E-state index < -0.39 is 24.1 Å². The largest absolute Gasteiger partial charge is 0.479 e. The van der Waals surface area contributed by atoms with Crippen LogP contribution in [0.4, 0.5) is 0 Å². The number of benzene rings is 1. The smallest absolute Gasteiger partial charge is 0.335 e. The summed E-state index contributed by atoms with van der Waals surface area (Å²) in [6.07, 6.45) is 3.04. The predicted octanol–water partition coefficient (Wildman–Crippen LogP) is -0.226. The summed E-state index contributed by atoms with van der Waals surface area (Å²) < 4.78 is 0. The van der Waals surface area contributed by atoms with Crippen molar-refractivity contribution in [2.75, 3.05) is 6.54 Å². The molecule has 0 fully saturated rings. The van der Waals surface area contributed by atoms with Crippen LogP contribution in [0.2, 0.25) is 0 Å². The van der Waals surface area contributed by atoms with E-state index >= 15 is 0 Å². The van der Waals surface area contributed by atoms with Crippen LogP contribution in [-0.4, -0.2) is 51.1 Å². The Bertz CT molecular complexity index is 576. The lowest BCUT2D eigenvalue weighted by atomic mass is 10.1. The molecular weight excluding hydrogens is 302 g/mol. The van der Waals surface area contributed by atoms with Gasteiger partial charge in [0.1, 0.15) is 0 Å². The first-order valence-corrected chi connectivity index (χ1v) is 6.94. The Balaban J connectivity index is 0.000000241. The second-order valence-corrected chi connectivity index (χ2v) is 4.94. The quantitative estimate of drug-likeness (QED) is 0.474. The van der Waals surface area contributed by atoms with Gasteiger partial charge in [0.2, 0.25) is 0 Å². The molecular formula is C16H19NO6. The van der Waals surface area contributed by atoms with E-state index in [1.54, 1.807) is 0 Å². The third-order valence-corrected chi connectivity index (χ3v) is 3.39. The second kappa shape index (κ2) is 8.90. The number of aliphatic carboxylic acids is 2. The average Bonchev–Trinajstić information content (AvgIpc) is 2.95. The number of aliphatic hydroxyl groups excluding tert-OH is 2. The summed E-state index contributed by atoms with van der Waals surface area (Å²) in [5.74, 6) is -0.923. The minimum atomic E-state index is -2.27. The molecule has 1 aliphatic carbocycles. The first-order chi connectivity index (χ1) is 10.9. The molecule has 1 aromatic carbocycles. The monoisotopic (exact) mass is 321 g/mol. The van der Waals surface area contributed by atoms with Crippen molar-refractivity contribution in [3.8, 4) is 12.3 Å². The number of carbonyl (C=O) groups is 2. The van der Waals surface area contributed by atoms with Crippen molar-refractivity contribution in [2.24, 2.45) is 0 Å². The summed E-state index contributed by atoms with van der Waals surface area (Å²) in [5, 5.41) is 35.9. The lowest BCUT2D eigenvalue weighted by Gasteiger charge is -2.10. The van der Waals surface area contributed by atoms with Gasteiger partial charge in [-0.25, -0.2) is 9.59 Å². The number of hydrogen-bond donors (Lipinski definition) is 5. The van der Waals surface area contributed by atoms with E-state index in [0.717, 1.165) is 0 Å². The van der Waals surface area contributed by atoms with Crippen LogP contribution in [0.15, 0.2) is 24.3 Å². The first-order valence-electron chi connectivity index (χ1n) is 6.94. The van der Waals surface area contributed by atoms with Gasteiger partial charge in [-0.1, -0.05) is 30.2 Å². The van der Waals surface area contributed by atoms with Crippen LogP contribution in [0, 0.1) is 12.3 Å². The fourth-order valence-corrected chi connectivity index (χ4v) is 2.22. The number of rotatable bonds is 5. The summed E-state index contributed by atoms with van der Waals surface area (Å²) in [6.45, 7) is 0.666. The van der Waals surface area contributed by atoms with Gasteiger partial charge in [0.15, 0.2) is 12.2 Å². The zero-order chi connectivity index (χ0) is 17.4. The van der Waals surface area contributed by atoms with E-state index in [1.807, 2.05) is 0 Å². The molecule has 1 aromatic rings. The topological polar surface area (TPSA) is 127 Å². The van der Waals surface area contributed by atoms with Crippen LogP contribution in [0.1, 0.15) is 23.6 Å². The highest BCUT2D eigenvalue weighted by atomic mass is 16.4. The number of carboxylic acids is 2. The molecule has 2 rings (SSSR count). The lowest BCUT2D eigenvalue weighted by molar-refractivity contribution is -0.165. The molecule has 0 heterocycles. The molecule has 0 amide bonds. The van der Waals surface area contributed by atoms with Gasteiger partial charge in [-0.2, -0.15) is 0 Å². The molecule has 1 aliphatic rings. The molecule has 0 aromatic heterocycles. The number of nitrogens with one attached hydrogen (secondary N) is 1. The number of fused-ring (bicyclic) bond motifs is 1. The first kappa shape index (κ1) is 18.6. The Hall–Kier alpha value is -2.40. The Morgan fingerprint density at radius 2 is 1.78 bits per heavy atom. The molecule has 23 heavy (non-hydrogen) atoms. The number of carboxylic acid groups (broad SMARTS) is 2. The van der Waals surface area contributed by atoms with Crippen molar-refractivity contribution in [3.63, 3.8) is 0 Å². The summed E-state index contributed by atoms with van der Waals surface area (Å²) in [4.78, 5) is 19.5. The predicted molar refractivity (Wildman–Crippen MR) is 81.6 cm³/mol. The highest BCUT2D eigenvalue weighted by Crippen LogP contribution is 2.30. The molecule has 0 aliphatic heterocycles. The minimum Gasteiger partial charge on any atom is -0.479 e. The highest BCUT2D eigenvalue weighted by Gasteiger charge is 2.29. The Labute approximate surface area is 133 Å². The van der Waals surface area contributed by atoms with Gasteiger partial charge < -0.3 is 20.4 Å². The fourth-order valence-electron chi connectivity index (χ4n) is 2.22. The summed E-state index contributed by atoms with van der Waals surface area (Å²) in [5.41, 5.74) is 2.90. The maximum atomic E-state index is 9.77. The van der Waals surface area contributed by atoms with Crippen LogP contribution in [0.3, 0.4) is 0 Å². The lowest BCUT2D eigenvalue weighted by Crippen LogP contribution is -2.39. The molecule has 0 bridgehead atoms. The maximum absolute atomic E-state index is 9.77. The fraction of sp³-hybridized carbons (Fsp3) is 0.375. The zero-order valence-corrected chi connectivity index (χ0v) is 12.3. The van der Waals surface area contributed by atoms with Gasteiger partial charge in [-0.3, -0.25) is 5.32 Å². The van der Waals surface area contributed by atoms with Crippen molar-refractivity contribution in [3.05, 3.63) is 35.4 Å². The third kappa shape index (κ3) is 5.38. The molecule has 0 saturated carbocycles. The molecule has 5 N–H and O–H groups in total. The Kier molecular flexibility index (Phi) is 7.22. The normalized spacial score (nSPS) is 17.9. The van der Waals surface area contributed by atoms with E-state index in [4.69, 9.17) is 26.8 Å². The van der Waals surface area contributed by atoms with Gasteiger partial charge in [0.05, 0.1) is 6.54 Å². The number of aliphatic hydroxyl groups is 2. The van der Waals surface area contributed by atoms with Gasteiger partial charge in [-0.05, 0) is 24.0 Å². The third-order valence-electron chi connectivity index (χ3n) is 3.39. The van der Waals surface area contributed by atoms with E-state index in [-0.39, 0.29) is 0 Å². The van der Waals surface area contributed by atoms with Gasteiger partial charge in [0.25, 0.3) is 0 Å². The van der Waals surface area contributed by atoms with E-state index in [0.29, 0.717) is 12.6 Å². The van der Waals surface area contributed by atoms with E-state index in [1.165, 1.54) is 24.0 Å². The molecule has 0 spiro atoms. The number of terminal acetylenes is 1. The van der Waals surface area contributed by atoms with E-state index in [2.05, 4.69) is 35.5 Å². The SMILES string of the molecule is C#CCN[C@@H]1CCc2ccccc21.O=C(O)[C@@H](O)[C@@H](O)C(=O)O. The van der Waals surface area contributed by atoms with Crippen molar-refractivity contribution in [1.29, 1.82) is 0 Å². The van der Waals surface area contributed by atoms with Crippen molar-refractivity contribution >= 4 is 11.9 Å². The molecule has 7 nitrogen and oxygen atoms in total.